The van der Waals surface area contributed by atoms with E-state index in [1.54, 1.807) is 15.5 Å². The van der Waals surface area contributed by atoms with E-state index in [0.717, 1.165) is 27.9 Å². The molecule has 0 saturated carbocycles. The van der Waals surface area contributed by atoms with E-state index in [1.165, 1.54) is 0 Å². The highest BCUT2D eigenvalue weighted by atomic mass is 16.2. The van der Waals surface area contributed by atoms with Gasteiger partial charge in [0, 0.05) is 47.8 Å². The molecular formula is C30H30N2O3. The van der Waals surface area contributed by atoms with Gasteiger partial charge in [0.15, 0.2) is 5.78 Å². The lowest BCUT2D eigenvalue weighted by Gasteiger charge is -2.42. The third-order valence-corrected chi connectivity index (χ3v) is 7.12. The predicted molar refractivity (Wildman–Crippen MR) is 139 cm³/mol. The fourth-order valence-corrected chi connectivity index (χ4v) is 5.65. The second-order valence-electron chi connectivity index (χ2n) is 10.5. The zero-order chi connectivity index (χ0) is 24.9. The number of pyridine rings is 1. The first kappa shape index (κ1) is 23.0. The SMILES string of the molecule is C=CCn1c(=O)c(C2CC(=O)N(c3ccccc3)C3=C2C(=O)CC(C)(C)C3)cc2cc(C)ccc21. The van der Waals surface area contributed by atoms with Gasteiger partial charge in [0.1, 0.15) is 0 Å². The van der Waals surface area contributed by atoms with Crippen molar-refractivity contribution in [3.63, 3.8) is 0 Å². The lowest BCUT2D eigenvalue weighted by Crippen LogP contribution is -2.44. The molecule has 1 aliphatic heterocycles. The molecule has 2 aromatic carbocycles. The topological polar surface area (TPSA) is 59.4 Å². The van der Waals surface area contributed by atoms with E-state index in [1.807, 2.05) is 61.5 Å². The molecule has 0 fully saturated rings. The van der Waals surface area contributed by atoms with Crippen LogP contribution in [0.3, 0.4) is 0 Å². The molecule has 178 valence electrons. The Morgan fingerprint density at radius 2 is 1.77 bits per heavy atom. The summed E-state index contributed by atoms with van der Waals surface area (Å²) in [7, 11) is 0. The maximum atomic E-state index is 13.8. The minimum absolute atomic E-state index is 0.0219. The second-order valence-corrected chi connectivity index (χ2v) is 10.5. The van der Waals surface area contributed by atoms with Gasteiger partial charge in [-0.15, -0.1) is 6.58 Å². The number of Topliss-reactive ketones (excluding diaryl/α,β-unsaturated/α-hetero) is 1. The number of benzene rings is 2. The van der Waals surface area contributed by atoms with Crippen molar-refractivity contribution in [1.29, 1.82) is 0 Å². The van der Waals surface area contributed by atoms with Crippen LogP contribution >= 0.6 is 0 Å². The Hall–Kier alpha value is -3.73. The number of allylic oxidation sites excluding steroid dienone is 3. The molecule has 5 nitrogen and oxygen atoms in total. The van der Waals surface area contributed by atoms with Gasteiger partial charge in [-0.05, 0) is 54.5 Å². The third-order valence-electron chi connectivity index (χ3n) is 7.12. The number of rotatable bonds is 4. The van der Waals surface area contributed by atoms with Gasteiger partial charge in [-0.3, -0.25) is 19.3 Å². The summed E-state index contributed by atoms with van der Waals surface area (Å²) in [6, 6.07) is 17.3. The predicted octanol–water partition coefficient (Wildman–Crippen LogP) is 5.66. The summed E-state index contributed by atoms with van der Waals surface area (Å²) in [4.78, 5) is 42.8. The van der Waals surface area contributed by atoms with E-state index < -0.39 is 5.92 Å². The number of aryl methyl sites for hydroxylation is 1. The van der Waals surface area contributed by atoms with Crippen LogP contribution in [0.1, 0.15) is 50.2 Å². The van der Waals surface area contributed by atoms with Gasteiger partial charge in [-0.1, -0.05) is 49.8 Å². The maximum absolute atomic E-state index is 13.8. The summed E-state index contributed by atoms with van der Waals surface area (Å²) >= 11 is 0. The van der Waals surface area contributed by atoms with Crippen molar-refractivity contribution in [3.05, 3.63) is 100 Å². The normalized spacial score (nSPS) is 19.7. The second kappa shape index (κ2) is 8.49. The highest BCUT2D eigenvalue weighted by Crippen LogP contribution is 2.47. The lowest BCUT2D eigenvalue weighted by atomic mass is 9.69. The summed E-state index contributed by atoms with van der Waals surface area (Å²) in [5.74, 6) is -0.632. The molecule has 1 unspecified atom stereocenters. The van der Waals surface area contributed by atoms with Crippen LogP contribution in [-0.4, -0.2) is 16.3 Å². The summed E-state index contributed by atoms with van der Waals surface area (Å²) in [5, 5.41) is 0.921. The first-order chi connectivity index (χ1) is 16.7. The zero-order valence-electron chi connectivity index (χ0n) is 20.5. The third kappa shape index (κ3) is 3.95. The van der Waals surface area contributed by atoms with Crippen molar-refractivity contribution in [1.82, 2.24) is 4.57 Å². The van der Waals surface area contributed by atoms with Crippen molar-refractivity contribution in [3.8, 4) is 0 Å². The van der Waals surface area contributed by atoms with E-state index >= 15 is 0 Å². The Bertz CT molecular complexity index is 1460. The first-order valence-corrected chi connectivity index (χ1v) is 12.1. The number of ketones is 1. The maximum Gasteiger partial charge on any atom is 0.255 e. The van der Waals surface area contributed by atoms with Crippen molar-refractivity contribution in [2.45, 2.75) is 52.5 Å². The molecule has 5 rings (SSSR count). The van der Waals surface area contributed by atoms with E-state index in [-0.39, 0.29) is 29.1 Å². The molecule has 1 aliphatic carbocycles. The molecule has 3 aromatic rings. The minimum Gasteiger partial charge on any atom is -0.304 e. The van der Waals surface area contributed by atoms with Crippen LogP contribution in [0.4, 0.5) is 5.69 Å². The molecule has 0 radical (unpaired) electrons. The number of anilines is 1. The Morgan fingerprint density at radius 1 is 1.03 bits per heavy atom. The molecule has 1 atom stereocenters. The van der Waals surface area contributed by atoms with Crippen LogP contribution in [-0.2, 0) is 16.1 Å². The quantitative estimate of drug-likeness (QED) is 0.466. The van der Waals surface area contributed by atoms with Crippen molar-refractivity contribution < 1.29 is 9.59 Å². The minimum atomic E-state index is -0.561. The fourth-order valence-electron chi connectivity index (χ4n) is 5.65. The smallest absolute Gasteiger partial charge is 0.255 e. The van der Waals surface area contributed by atoms with Gasteiger partial charge >= 0.3 is 0 Å². The van der Waals surface area contributed by atoms with Gasteiger partial charge in [0.25, 0.3) is 5.56 Å². The number of fused-ring (bicyclic) bond motifs is 1. The standard InChI is InChI=1S/C30H30N2O3/c1-5-13-31-24-12-11-19(2)14-20(24)15-23(29(31)35)22-16-27(34)32(21-9-7-6-8-10-21)25-17-30(3,4)18-26(33)28(22)25/h5-12,14-15,22H,1,13,16-18H2,2-4H3. The number of nitrogens with zero attached hydrogens (tertiary/aromatic N) is 2. The summed E-state index contributed by atoms with van der Waals surface area (Å²) in [5.41, 5.74) is 4.07. The molecule has 0 spiro atoms. The summed E-state index contributed by atoms with van der Waals surface area (Å²) in [6.45, 7) is 10.3. The van der Waals surface area contributed by atoms with Gasteiger partial charge in [-0.2, -0.15) is 0 Å². The largest absolute Gasteiger partial charge is 0.304 e. The van der Waals surface area contributed by atoms with Crippen LogP contribution < -0.4 is 10.5 Å². The highest BCUT2D eigenvalue weighted by molar-refractivity contribution is 6.08. The molecule has 1 aromatic heterocycles. The van der Waals surface area contributed by atoms with Crippen LogP contribution in [0.25, 0.3) is 10.9 Å². The molecule has 1 amide bonds. The van der Waals surface area contributed by atoms with Crippen molar-refractivity contribution in [2.24, 2.45) is 5.41 Å². The van der Waals surface area contributed by atoms with E-state index in [0.29, 0.717) is 30.5 Å². The van der Waals surface area contributed by atoms with E-state index in [4.69, 9.17) is 0 Å². The first-order valence-electron chi connectivity index (χ1n) is 12.1. The average molecular weight is 467 g/mol. The molecule has 2 aliphatic rings. The van der Waals surface area contributed by atoms with Crippen LogP contribution in [0.2, 0.25) is 0 Å². The number of hydrogen-bond donors (Lipinski definition) is 0. The molecule has 5 heteroatoms. The Morgan fingerprint density at radius 3 is 2.49 bits per heavy atom. The van der Waals surface area contributed by atoms with Gasteiger partial charge in [0.2, 0.25) is 5.91 Å². The zero-order valence-corrected chi connectivity index (χ0v) is 20.5. The number of amides is 1. The number of hydrogen-bond acceptors (Lipinski definition) is 3. The highest BCUT2D eigenvalue weighted by Gasteiger charge is 2.45. The number of aromatic nitrogens is 1. The number of carbonyl (C=O) groups is 2. The average Bonchev–Trinajstić information content (AvgIpc) is 2.80. The van der Waals surface area contributed by atoms with Crippen LogP contribution in [0, 0.1) is 12.3 Å². The van der Waals surface area contributed by atoms with Gasteiger partial charge < -0.3 is 4.57 Å². The molecule has 0 bridgehead atoms. The molecule has 0 N–H and O–H groups in total. The Kier molecular flexibility index (Phi) is 5.59. The molecule has 35 heavy (non-hydrogen) atoms. The fraction of sp³-hybridized carbons (Fsp3) is 0.300. The van der Waals surface area contributed by atoms with E-state index in [2.05, 4.69) is 20.4 Å². The number of carbonyl (C=O) groups excluding carboxylic acids is 2. The lowest BCUT2D eigenvalue weighted by molar-refractivity contribution is -0.121. The van der Waals surface area contributed by atoms with E-state index in [9.17, 15) is 14.4 Å². The molecule has 0 saturated heterocycles. The van der Waals surface area contributed by atoms with Gasteiger partial charge in [-0.25, -0.2) is 0 Å². The van der Waals surface area contributed by atoms with Crippen LogP contribution in [0.15, 0.2) is 83.3 Å². The van der Waals surface area contributed by atoms with Crippen LogP contribution in [0.5, 0.6) is 0 Å². The molecule has 2 heterocycles. The summed E-state index contributed by atoms with van der Waals surface area (Å²) in [6.07, 6.45) is 2.78. The Balaban J connectivity index is 1.77. The van der Waals surface area contributed by atoms with Crippen molar-refractivity contribution in [2.75, 3.05) is 4.90 Å². The monoisotopic (exact) mass is 466 g/mol. The summed E-state index contributed by atoms with van der Waals surface area (Å²) < 4.78 is 1.70. The Labute approximate surface area is 205 Å². The van der Waals surface area contributed by atoms with Gasteiger partial charge in [0.05, 0.1) is 5.52 Å². The molecular weight excluding hydrogens is 436 g/mol. The number of para-hydroxylation sites is 1. The van der Waals surface area contributed by atoms with Crippen molar-refractivity contribution >= 4 is 28.3 Å².